The summed E-state index contributed by atoms with van der Waals surface area (Å²) in [5.41, 5.74) is 0.523. The fourth-order valence-corrected chi connectivity index (χ4v) is 1.96. The van der Waals surface area contributed by atoms with Crippen LogP contribution in [0, 0.1) is 0 Å². The number of likely N-dealkylation sites (N-methyl/N-ethyl adjacent to an activating group) is 1. The first-order chi connectivity index (χ1) is 9.08. The Kier molecular flexibility index (Phi) is 6.94. The molecule has 0 aliphatic heterocycles. The standard InChI is InChI=1S/C12H16Cl2N2O3/c1-15-7-11(17)16-8-5-9(13)12(10(14)6-8)19-4-3-18-2/h5-6,15H,3-4,7H2,1-2H3,(H,16,17). The zero-order chi connectivity index (χ0) is 14.3. The number of hydrogen-bond donors (Lipinski definition) is 2. The number of benzene rings is 1. The van der Waals surface area contributed by atoms with Gasteiger partial charge in [-0.3, -0.25) is 4.79 Å². The van der Waals surface area contributed by atoms with Crippen molar-refractivity contribution in [1.82, 2.24) is 5.32 Å². The molecule has 0 radical (unpaired) electrons. The number of hydrogen-bond acceptors (Lipinski definition) is 4. The molecule has 1 aromatic carbocycles. The van der Waals surface area contributed by atoms with Crippen molar-refractivity contribution >= 4 is 34.8 Å². The zero-order valence-electron chi connectivity index (χ0n) is 10.8. The van der Waals surface area contributed by atoms with Crippen LogP contribution in [0.3, 0.4) is 0 Å². The second kappa shape index (κ2) is 8.22. The monoisotopic (exact) mass is 306 g/mol. The number of amides is 1. The lowest BCUT2D eigenvalue weighted by Crippen LogP contribution is -2.25. The van der Waals surface area contributed by atoms with Crippen molar-refractivity contribution < 1.29 is 14.3 Å². The molecule has 1 amide bonds. The number of nitrogens with one attached hydrogen (secondary N) is 2. The predicted octanol–water partition coefficient (Wildman–Crippen LogP) is 2.18. The molecule has 1 rings (SSSR count). The van der Waals surface area contributed by atoms with E-state index >= 15 is 0 Å². The zero-order valence-corrected chi connectivity index (χ0v) is 12.3. The van der Waals surface area contributed by atoms with Crippen LogP contribution >= 0.6 is 23.2 Å². The summed E-state index contributed by atoms with van der Waals surface area (Å²) >= 11 is 12.1. The fraction of sp³-hybridized carbons (Fsp3) is 0.417. The summed E-state index contributed by atoms with van der Waals surface area (Å²) in [6.07, 6.45) is 0. The molecule has 0 atom stereocenters. The number of carbonyl (C=O) groups excluding carboxylic acids is 1. The summed E-state index contributed by atoms with van der Waals surface area (Å²) < 4.78 is 10.3. The third-order valence-electron chi connectivity index (χ3n) is 2.15. The summed E-state index contributed by atoms with van der Waals surface area (Å²) in [4.78, 5) is 11.4. The van der Waals surface area contributed by atoms with Gasteiger partial charge in [0.2, 0.25) is 5.91 Å². The minimum atomic E-state index is -0.178. The number of anilines is 1. The molecule has 19 heavy (non-hydrogen) atoms. The van der Waals surface area contributed by atoms with E-state index in [1.54, 1.807) is 26.3 Å². The van der Waals surface area contributed by atoms with E-state index < -0.39 is 0 Å². The molecule has 5 nitrogen and oxygen atoms in total. The van der Waals surface area contributed by atoms with Gasteiger partial charge in [-0.1, -0.05) is 23.2 Å². The normalized spacial score (nSPS) is 10.3. The summed E-state index contributed by atoms with van der Waals surface area (Å²) in [6, 6.07) is 3.17. The Morgan fingerprint density at radius 3 is 2.42 bits per heavy atom. The molecule has 0 bridgehead atoms. The van der Waals surface area contributed by atoms with Crippen molar-refractivity contribution in [3.8, 4) is 5.75 Å². The van der Waals surface area contributed by atoms with E-state index in [1.807, 2.05) is 0 Å². The van der Waals surface area contributed by atoms with Gasteiger partial charge < -0.3 is 20.1 Å². The van der Waals surface area contributed by atoms with Crippen LogP contribution < -0.4 is 15.4 Å². The van der Waals surface area contributed by atoms with E-state index in [0.29, 0.717) is 34.7 Å². The van der Waals surface area contributed by atoms with E-state index in [9.17, 15) is 4.79 Å². The molecule has 7 heteroatoms. The highest BCUT2D eigenvalue weighted by Gasteiger charge is 2.11. The van der Waals surface area contributed by atoms with Gasteiger partial charge in [0, 0.05) is 12.8 Å². The van der Waals surface area contributed by atoms with E-state index in [1.165, 1.54) is 0 Å². The van der Waals surface area contributed by atoms with Crippen molar-refractivity contribution in [2.24, 2.45) is 0 Å². The third kappa shape index (κ3) is 5.24. The van der Waals surface area contributed by atoms with Gasteiger partial charge in [0.25, 0.3) is 0 Å². The predicted molar refractivity (Wildman–Crippen MR) is 76.4 cm³/mol. The van der Waals surface area contributed by atoms with Crippen LogP contribution in [0.15, 0.2) is 12.1 Å². The van der Waals surface area contributed by atoms with Crippen LogP contribution in [-0.2, 0) is 9.53 Å². The average Bonchev–Trinajstić information content (AvgIpc) is 2.33. The Morgan fingerprint density at radius 2 is 1.89 bits per heavy atom. The Labute approximate surface area is 122 Å². The highest BCUT2D eigenvalue weighted by molar-refractivity contribution is 6.37. The smallest absolute Gasteiger partial charge is 0.238 e. The molecule has 0 heterocycles. The SMILES string of the molecule is CNCC(=O)Nc1cc(Cl)c(OCCOC)c(Cl)c1. The third-order valence-corrected chi connectivity index (χ3v) is 2.71. The first-order valence-corrected chi connectivity index (χ1v) is 6.39. The second-order valence-corrected chi connectivity index (χ2v) is 4.50. The molecule has 1 aromatic rings. The van der Waals surface area contributed by atoms with Gasteiger partial charge in [-0.25, -0.2) is 0 Å². The van der Waals surface area contributed by atoms with Gasteiger partial charge >= 0.3 is 0 Å². The average molecular weight is 307 g/mol. The van der Waals surface area contributed by atoms with Gasteiger partial charge in [-0.2, -0.15) is 0 Å². The van der Waals surface area contributed by atoms with Crippen LogP contribution in [0.25, 0.3) is 0 Å². The molecule has 0 aromatic heterocycles. The van der Waals surface area contributed by atoms with Crippen molar-refractivity contribution in [2.45, 2.75) is 0 Å². The first-order valence-electron chi connectivity index (χ1n) is 5.63. The minimum absolute atomic E-state index is 0.178. The van der Waals surface area contributed by atoms with Gasteiger partial charge in [-0.15, -0.1) is 0 Å². The molecular formula is C12H16Cl2N2O3. The number of carbonyl (C=O) groups is 1. The van der Waals surface area contributed by atoms with Crippen LogP contribution in [0.1, 0.15) is 0 Å². The van der Waals surface area contributed by atoms with E-state index in [2.05, 4.69) is 10.6 Å². The summed E-state index contributed by atoms with van der Waals surface area (Å²) in [5, 5.41) is 6.09. The molecular weight excluding hydrogens is 291 g/mol. The van der Waals surface area contributed by atoms with Crippen molar-refractivity contribution in [1.29, 1.82) is 0 Å². The fourth-order valence-electron chi connectivity index (χ4n) is 1.36. The molecule has 0 aliphatic rings. The van der Waals surface area contributed by atoms with Gasteiger partial charge in [0.1, 0.15) is 6.61 Å². The molecule has 0 spiro atoms. The Bertz CT molecular complexity index is 418. The molecule has 0 saturated heterocycles. The number of rotatable bonds is 7. The van der Waals surface area contributed by atoms with Gasteiger partial charge in [0.05, 0.1) is 23.2 Å². The van der Waals surface area contributed by atoms with Crippen LogP contribution in [0.5, 0.6) is 5.75 Å². The Balaban J connectivity index is 2.75. The number of halogens is 2. The summed E-state index contributed by atoms with van der Waals surface area (Å²) in [6.45, 7) is 0.996. The van der Waals surface area contributed by atoms with E-state index in [0.717, 1.165) is 0 Å². The van der Waals surface area contributed by atoms with E-state index in [4.69, 9.17) is 32.7 Å². The highest BCUT2D eigenvalue weighted by Crippen LogP contribution is 2.35. The van der Waals surface area contributed by atoms with Crippen LogP contribution in [0.2, 0.25) is 10.0 Å². The lowest BCUT2D eigenvalue weighted by Gasteiger charge is -2.12. The molecule has 0 saturated carbocycles. The van der Waals surface area contributed by atoms with Crippen molar-refractivity contribution in [3.63, 3.8) is 0 Å². The first kappa shape index (κ1) is 16.0. The summed E-state index contributed by atoms with van der Waals surface area (Å²) in [5.74, 6) is 0.203. The Hall–Kier alpha value is -1.01. The number of methoxy groups -OCH3 is 1. The van der Waals surface area contributed by atoms with Crippen LogP contribution in [-0.4, -0.2) is 39.8 Å². The maximum absolute atomic E-state index is 11.4. The molecule has 0 unspecified atom stereocenters. The van der Waals surface area contributed by atoms with Crippen molar-refractivity contribution in [2.75, 3.05) is 39.2 Å². The highest BCUT2D eigenvalue weighted by atomic mass is 35.5. The molecule has 0 fully saturated rings. The van der Waals surface area contributed by atoms with Crippen LogP contribution in [0.4, 0.5) is 5.69 Å². The molecule has 2 N–H and O–H groups in total. The Morgan fingerprint density at radius 1 is 1.26 bits per heavy atom. The van der Waals surface area contributed by atoms with Gasteiger partial charge in [0.15, 0.2) is 5.75 Å². The lowest BCUT2D eigenvalue weighted by molar-refractivity contribution is -0.115. The topological polar surface area (TPSA) is 59.6 Å². The number of ether oxygens (including phenoxy) is 2. The summed E-state index contributed by atoms with van der Waals surface area (Å²) in [7, 11) is 3.26. The maximum Gasteiger partial charge on any atom is 0.238 e. The van der Waals surface area contributed by atoms with Gasteiger partial charge in [-0.05, 0) is 19.2 Å². The van der Waals surface area contributed by atoms with E-state index in [-0.39, 0.29) is 12.5 Å². The van der Waals surface area contributed by atoms with Crippen molar-refractivity contribution in [3.05, 3.63) is 22.2 Å². The largest absolute Gasteiger partial charge is 0.488 e. The second-order valence-electron chi connectivity index (χ2n) is 3.69. The quantitative estimate of drug-likeness (QED) is 0.758. The lowest BCUT2D eigenvalue weighted by atomic mass is 10.3. The molecule has 0 aliphatic carbocycles. The minimum Gasteiger partial charge on any atom is -0.488 e. The maximum atomic E-state index is 11.4. The molecule has 106 valence electrons.